The summed E-state index contributed by atoms with van der Waals surface area (Å²) in [5, 5.41) is 3.83. The van der Waals surface area contributed by atoms with Crippen LogP contribution in [0.1, 0.15) is 48.1 Å². The van der Waals surface area contributed by atoms with Crippen molar-refractivity contribution >= 4 is 39.1 Å². The molecule has 0 bridgehead atoms. The minimum atomic E-state index is -3.49. The number of nitrogens with one attached hydrogen (secondary N) is 1. The second-order valence-electron chi connectivity index (χ2n) is 8.27. The predicted octanol–water partition coefficient (Wildman–Crippen LogP) is 5.03. The van der Waals surface area contributed by atoms with Crippen molar-refractivity contribution in [2.45, 2.75) is 45.4 Å². The topological polar surface area (TPSA) is 66.5 Å². The predicted molar refractivity (Wildman–Crippen MR) is 126 cm³/mol. The minimum Gasteiger partial charge on any atom is -0.349 e. The molecule has 1 fully saturated rings. The first-order valence-electron chi connectivity index (χ1n) is 10.4. The molecule has 31 heavy (non-hydrogen) atoms. The van der Waals surface area contributed by atoms with E-state index < -0.39 is 10.0 Å². The number of sulfonamides is 1. The fourth-order valence-corrected chi connectivity index (χ4v) is 5.83. The van der Waals surface area contributed by atoms with Gasteiger partial charge in [-0.15, -0.1) is 0 Å². The zero-order valence-corrected chi connectivity index (χ0v) is 20.3. The van der Waals surface area contributed by atoms with Crippen molar-refractivity contribution in [3.8, 4) is 0 Å². The van der Waals surface area contributed by atoms with E-state index in [-0.39, 0.29) is 23.6 Å². The van der Waals surface area contributed by atoms with E-state index in [1.807, 2.05) is 20.8 Å². The number of carbonyl (C=O) groups is 1. The Morgan fingerprint density at radius 2 is 1.77 bits per heavy atom. The summed E-state index contributed by atoms with van der Waals surface area (Å²) in [6.45, 7) is 6.72. The molecule has 2 aromatic carbocycles. The number of hydrogen-bond acceptors (Lipinski definition) is 3. The Kier molecular flexibility index (Phi) is 7.68. The molecule has 0 radical (unpaired) electrons. The quantitative estimate of drug-likeness (QED) is 0.627. The SMILES string of the molecule is Cc1ccc(C)c([C@H](C)NC(=O)C2CCN(S(=O)(=O)Cc3ccc(Cl)c(Cl)c3)CC2)c1. The summed E-state index contributed by atoms with van der Waals surface area (Å²) >= 11 is 11.9. The molecule has 1 aliphatic rings. The standard InChI is InChI=1S/C23H28Cl2N2O3S/c1-15-4-5-16(2)20(12-15)17(3)26-23(28)19-8-10-27(11-9-19)31(29,30)14-18-6-7-21(24)22(25)13-18/h4-7,12-13,17,19H,8-11,14H2,1-3H3,(H,26,28)/t17-/m0/s1. The molecule has 0 aromatic heterocycles. The maximum atomic E-state index is 12.8. The number of amides is 1. The third-order valence-electron chi connectivity index (χ3n) is 5.81. The Balaban J connectivity index is 1.57. The van der Waals surface area contributed by atoms with Gasteiger partial charge in [-0.2, -0.15) is 0 Å². The zero-order chi connectivity index (χ0) is 22.8. The van der Waals surface area contributed by atoms with Crippen LogP contribution in [0.15, 0.2) is 36.4 Å². The van der Waals surface area contributed by atoms with E-state index in [2.05, 4.69) is 23.5 Å². The highest BCUT2D eigenvalue weighted by Gasteiger charge is 2.31. The maximum absolute atomic E-state index is 12.8. The van der Waals surface area contributed by atoms with Crippen molar-refractivity contribution in [2.24, 2.45) is 5.92 Å². The Morgan fingerprint density at radius 3 is 2.42 bits per heavy atom. The van der Waals surface area contributed by atoms with Crippen LogP contribution in [-0.4, -0.2) is 31.7 Å². The molecular formula is C23H28Cl2N2O3S. The molecule has 1 aliphatic heterocycles. The highest BCUT2D eigenvalue weighted by molar-refractivity contribution is 7.88. The Bertz CT molecular complexity index is 1060. The molecule has 1 amide bonds. The molecule has 0 spiro atoms. The van der Waals surface area contributed by atoms with Crippen LogP contribution in [0.4, 0.5) is 0 Å². The van der Waals surface area contributed by atoms with E-state index in [0.717, 1.165) is 16.7 Å². The number of carbonyl (C=O) groups excluding carboxylic acids is 1. The van der Waals surface area contributed by atoms with Crippen molar-refractivity contribution in [1.29, 1.82) is 0 Å². The summed E-state index contributed by atoms with van der Waals surface area (Å²) in [7, 11) is -3.49. The zero-order valence-electron chi connectivity index (χ0n) is 18.0. The van der Waals surface area contributed by atoms with Gasteiger partial charge in [-0.1, -0.05) is 53.0 Å². The molecule has 1 N–H and O–H groups in total. The summed E-state index contributed by atoms with van der Waals surface area (Å²) < 4.78 is 27.1. The molecule has 1 saturated heterocycles. The number of piperidine rings is 1. The van der Waals surface area contributed by atoms with Crippen LogP contribution in [0, 0.1) is 19.8 Å². The fourth-order valence-electron chi connectivity index (χ4n) is 3.96. The molecule has 8 heteroatoms. The molecule has 3 rings (SSSR count). The summed E-state index contributed by atoms with van der Waals surface area (Å²) in [6.07, 6.45) is 1.01. The average Bonchev–Trinajstić information content (AvgIpc) is 2.72. The maximum Gasteiger partial charge on any atom is 0.223 e. The Labute approximate surface area is 194 Å². The molecule has 168 valence electrons. The van der Waals surface area contributed by atoms with Crippen molar-refractivity contribution in [2.75, 3.05) is 13.1 Å². The fraction of sp³-hybridized carbons (Fsp3) is 0.435. The van der Waals surface area contributed by atoms with Crippen LogP contribution in [0.3, 0.4) is 0 Å². The van der Waals surface area contributed by atoms with Gasteiger partial charge in [0.05, 0.1) is 21.8 Å². The number of benzene rings is 2. The lowest BCUT2D eigenvalue weighted by Gasteiger charge is -2.31. The molecule has 0 saturated carbocycles. The number of hydrogen-bond donors (Lipinski definition) is 1. The molecule has 1 heterocycles. The number of aryl methyl sites for hydroxylation is 2. The molecule has 0 aliphatic carbocycles. The number of halogens is 2. The number of nitrogens with zero attached hydrogens (tertiary/aromatic N) is 1. The molecular weight excluding hydrogens is 455 g/mol. The monoisotopic (exact) mass is 482 g/mol. The summed E-state index contributed by atoms with van der Waals surface area (Å²) in [5.41, 5.74) is 4.00. The summed E-state index contributed by atoms with van der Waals surface area (Å²) in [5.74, 6) is -0.344. The smallest absolute Gasteiger partial charge is 0.223 e. The average molecular weight is 483 g/mol. The molecule has 1 atom stereocenters. The van der Waals surface area contributed by atoms with E-state index in [4.69, 9.17) is 23.2 Å². The van der Waals surface area contributed by atoms with Crippen molar-refractivity contribution in [1.82, 2.24) is 9.62 Å². The summed E-state index contributed by atoms with van der Waals surface area (Å²) in [4.78, 5) is 12.8. The van der Waals surface area contributed by atoms with Crippen LogP contribution >= 0.6 is 23.2 Å². The molecule has 5 nitrogen and oxygen atoms in total. The van der Waals surface area contributed by atoms with Gasteiger partial charge in [0.15, 0.2) is 0 Å². The summed E-state index contributed by atoms with van der Waals surface area (Å²) in [6, 6.07) is 11.0. The third kappa shape index (κ3) is 6.01. The first kappa shape index (κ1) is 24.1. The lowest BCUT2D eigenvalue weighted by atomic mass is 9.95. The van der Waals surface area contributed by atoms with Crippen molar-refractivity contribution in [3.63, 3.8) is 0 Å². The van der Waals surface area contributed by atoms with Crippen molar-refractivity contribution in [3.05, 3.63) is 68.7 Å². The van der Waals surface area contributed by atoms with Gasteiger partial charge in [0.25, 0.3) is 0 Å². The highest BCUT2D eigenvalue weighted by Crippen LogP contribution is 2.27. The van der Waals surface area contributed by atoms with Gasteiger partial charge in [-0.25, -0.2) is 12.7 Å². The van der Waals surface area contributed by atoms with Crippen LogP contribution in [-0.2, 0) is 20.6 Å². The van der Waals surface area contributed by atoms with E-state index in [9.17, 15) is 13.2 Å². The molecule has 0 unspecified atom stereocenters. The highest BCUT2D eigenvalue weighted by atomic mass is 35.5. The normalized spacial score (nSPS) is 16.8. The van der Waals surface area contributed by atoms with Gasteiger partial charge in [-0.3, -0.25) is 4.79 Å². The number of rotatable bonds is 6. The Hall–Kier alpha value is -1.60. The van der Waals surface area contributed by atoms with E-state index in [1.54, 1.807) is 18.2 Å². The van der Waals surface area contributed by atoms with Gasteiger partial charge in [-0.05, 0) is 62.4 Å². The van der Waals surface area contributed by atoms with E-state index in [1.165, 1.54) is 4.31 Å². The Morgan fingerprint density at radius 1 is 1.10 bits per heavy atom. The lowest BCUT2D eigenvalue weighted by molar-refractivity contribution is -0.126. The van der Waals surface area contributed by atoms with Crippen LogP contribution < -0.4 is 5.32 Å². The third-order valence-corrected chi connectivity index (χ3v) is 8.40. The molecule has 2 aromatic rings. The van der Waals surface area contributed by atoms with Gasteiger partial charge >= 0.3 is 0 Å². The second-order valence-corrected chi connectivity index (χ2v) is 11.1. The van der Waals surface area contributed by atoms with Crippen LogP contribution in [0.25, 0.3) is 0 Å². The minimum absolute atomic E-state index is 0.0186. The largest absolute Gasteiger partial charge is 0.349 e. The van der Waals surface area contributed by atoms with Gasteiger partial charge in [0, 0.05) is 19.0 Å². The van der Waals surface area contributed by atoms with Crippen LogP contribution in [0.2, 0.25) is 10.0 Å². The first-order chi connectivity index (χ1) is 14.6. The van der Waals surface area contributed by atoms with Crippen LogP contribution in [0.5, 0.6) is 0 Å². The van der Waals surface area contributed by atoms with Crippen molar-refractivity contribution < 1.29 is 13.2 Å². The second kappa shape index (κ2) is 9.90. The van der Waals surface area contributed by atoms with E-state index in [0.29, 0.717) is 41.5 Å². The van der Waals surface area contributed by atoms with E-state index >= 15 is 0 Å². The first-order valence-corrected chi connectivity index (χ1v) is 12.7. The van der Waals surface area contributed by atoms with Gasteiger partial charge in [0.2, 0.25) is 15.9 Å². The van der Waals surface area contributed by atoms with Gasteiger partial charge in [0.1, 0.15) is 0 Å². The van der Waals surface area contributed by atoms with Gasteiger partial charge < -0.3 is 5.32 Å². The lowest BCUT2D eigenvalue weighted by Crippen LogP contribution is -2.43.